The van der Waals surface area contributed by atoms with Gasteiger partial charge in [-0.1, -0.05) is 12.1 Å². The van der Waals surface area contributed by atoms with Gasteiger partial charge in [-0.25, -0.2) is 0 Å². The minimum atomic E-state index is -0.408. The molecular formula is C13H15NO3. The van der Waals surface area contributed by atoms with Crippen LogP contribution in [0.15, 0.2) is 36.9 Å². The standard InChI is InChI=1S/C13H15NO3/c1-4-8-14(3)13(16)11-6-5-7-12(9-11)17-10(2)15/h4-7,9H,1,8H2,2-3H3. The molecule has 0 aliphatic rings. The average molecular weight is 233 g/mol. The quantitative estimate of drug-likeness (QED) is 0.453. The molecule has 0 aliphatic heterocycles. The van der Waals surface area contributed by atoms with Crippen LogP contribution in [0.2, 0.25) is 0 Å². The zero-order valence-electron chi connectivity index (χ0n) is 9.97. The molecule has 1 rings (SSSR count). The Labute approximate surface area is 100 Å². The average Bonchev–Trinajstić information content (AvgIpc) is 2.28. The molecule has 0 fully saturated rings. The highest BCUT2D eigenvalue weighted by molar-refractivity contribution is 5.94. The van der Waals surface area contributed by atoms with E-state index in [9.17, 15) is 9.59 Å². The molecule has 0 atom stereocenters. The van der Waals surface area contributed by atoms with Gasteiger partial charge >= 0.3 is 5.97 Å². The lowest BCUT2D eigenvalue weighted by atomic mass is 10.2. The van der Waals surface area contributed by atoms with Crippen molar-refractivity contribution in [1.82, 2.24) is 4.90 Å². The Morgan fingerprint density at radius 2 is 2.18 bits per heavy atom. The number of hydrogen-bond donors (Lipinski definition) is 0. The summed E-state index contributed by atoms with van der Waals surface area (Å²) in [5, 5.41) is 0. The van der Waals surface area contributed by atoms with Crippen LogP contribution in [0.4, 0.5) is 0 Å². The van der Waals surface area contributed by atoms with E-state index < -0.39 is 5.97 Å². The first kappa shape index (κ1) is 13.0. The maximum absolute atomic E-state index is 11.9. The van der Waals surface area contributed by atoms with Crippen molar-refractivity contribution in [2.24, 2.45) is 0 Å². The van der Waals surface area contributed by atoms with Crippen molar-refractivity contribution < 1.29 is 14.3 Å². The molecule has 1 amide bonds. The first-order chi connectivity index (χ1) is 8.04. The lowest BCUT2D eigenvalue weighted by Gasteiger charge is -2.15. The number of benzene rings is 1. The molecule has 0 saturated carbocycles. The van der Waals surface area contributed by atoms with E-state index in [-0.39, 0.29) is 5.91 Å². The normalized spacial score (nSPS) is 9.53. The lowest BCUT2D eigenvalue weighted by molar-refractivity contribution is -0.131. The third kappa shape index (κ3) is 3.75. The summed E-state index contributed by atoms with van der Waals surface area (Å²) in [5.74, 6) is -0.177. The first-order valence-electron chi connectivity index (χ1n) is 5.19. The van der Waals surface area contributed by atoms with Crippen LogP contribution in [0.1, 0.15) is 17.3 Å². The number of likely N-dealkylation sites (N-methyl/N-ethyl adjacent to an activating group) is 1. The first-order valence-corrected chi connectivity index (χ1v) is 5.19. The molecule has 17 heavy (non-hydrogen) atoms. The molecule has 0 unspecified atom stereocenters. The Balaban J connectivity index is 2.87. The van der Waals surface area contributed by atoms with Gasteiger partial charge in [-0.2, -0.15) is 0 Å². The molecule has 0 aromatic heterocycles. The third-order valence-corrected chi connectivity index (χ3v) is 2.09. The van der Waals surface area contributed by atoms with Crippen molar-refractivity contribution in [2.75, 3.05) is 13.6 Å². The van der Waals surface area contributed by atoms with Crippen molar-refractivity contribution in [3.8, 4) is 5.75 Å². The van der Waals surface area contributed by atoms with Gasteiger partial charge < -0.3 is 9.64 Å². The fraction of sp³-hybridized carbons (Fsp3) is 0.231. The summed E-state index contributed by atoms with van der Waals surface area (Å²) >= 11 is 0. The summed E-state index contributed by atoms with van der Waals surface area (Å²) in [6.45, 7) is 5.36. The predicted octanol–water partition coefficient (Wildman–Crippen LogP) is 1.87. The molecule has 0 N–H and O–H groups in total. The molecular weight excluding hydrogens is 218 g/mol. The van der Waals surface area contributed by atoms with Crippen molar-refractivity contribution in [1.29, 1.82) is 0 Å². The zero-order chi connectivity index (χ0) is 12.8. The van der Waals surface area contributed by atoms with E-state index in [2.05, 4.69) is 6.58 Å². The van der Waals surface area contributed by atoms with Gasteiger partial charge in [-0.15, -0.1) is 6.58 Å². The van der Waals surface area contributed by atoms with Crippen LogP contribution in [0.25, 0.3) is 0 Å². The molecule has 4 nitrogen and oxygen atoms in total. The lowest BCUT2D eigenvalue weighted by Crippen LogP contribution is -2.26. The van der Waals surface area contributed by atoms with E-state index in [1.54, 1.807) is 37.4 Å². The van der Waals surface area contributed by atoms with E-state index in [1.807, 2.05) is 0 Å². The van der Waals surface area contributed by atoms with Crippen LogP contribution in [-0.4, -0.2) is 30.4 Å². The van der Waals surface area contributed by atoms with Gasteiger partial charge in [0.1, 0.15) is 5.75 Å². The second kappa shape index (κ2) is 5.84. The van der Waals surface area contributed by atoms with E-state index in [1.165, 1.54) is 11.8 Å². The Kier molecular flexibility index (Phi) is 4.46. The molecule has 1 aromatic rings. The minimum Gasteiger partial charge on any atom is -0.427 e. The maximum atomic E-state index is 11.9. The van der Waals surface area contributed by atoms with Crippen LogP contribution in [0, 0.1) is 0 Å². The van der Waals surface area contributed by atoms with Crippen LogP contribution in [-0.2, 0) is 4.79 Å². The maximum Gasteiger partial charge on any atom is 0.308 e. The van der Waals surface area contributed by atoms with Crippen molar-refractivity contribution in [3.63, 3.8) is 0 Å². The largest absolute Gasteiger partial charge is 0.427 e. The number of amides is 1. The molecule has 0 spiro atoms. The van der Waals surface area contributed by atoms with Crippen molar-refractivity contribution in [3.05, 3.63) is 42.5 Å². The van der Waals surface area contributed by atoms with Crippen molar-refractivity contribution >= 4 is 11.9 Å². The summed E-state index contributed by atoms with van der Waals surface area (Å²) in [6.07, 6.45) is 1.65. The predicted molar refractivity (Wildman–Crippen MR) is 64.9 cm³/mol. The topological polar surface area (TPSA) is 46.6 Å². The molecule has 0 bridgehead atoms. The van der Waals surface area contributed by atoms with Crippen LogP contribution in [0.3, 0.4) is 0 Å². The molecule has 0 radical (unpaired) electrons. The fourth-order valence-corrected chi connectivity index (χ4v) is 1.36. The Hall–Kier alpha value is -2.10. The van der Waals surface area contributed by atoms with Gasteiger partial charge in [0.2, 0.25) is 0 Å². The summed E-state index contributed by atoms with van der Waals surface area (Å²) in [6, 6.07) is 6.52. The number of ether oxygens (including phenoxy) is 1. The number of esters is 1. The van der Waals surface area contributed by atoms with Gasteiger partial charge in [0.15, 0.2) is 0 Å². The smallest absolute Gasteiger partial charge is 0.308 e. The molecule has 0 saturated heterocycles. The Morgan fingerprint density at radius 1 is 1.47 bits per heavy atom. The highest BCUT2D eigenvalue weighted by Gasteiger charge is 2.11. The SMILES string of the molecule is C=CCN(C)C(=O)c1cccc(OC(C)=O)c1. The van der Waals surface area contributed by atoms with E-state index in [0.717, 1.165) is 0 Å². The number of hydrogen-bond acceptors (Lipinski definition) is 3. The van der Waals surface area contributed by atoms with Crippen LogP contribution >= 0.6 is 0 Å². The minimum absolute atomic E-state index is 0.140. The van der Waals surface area contributed by atoms with Gasteiger partial charge in [0.05, 0.1) is 0 Å². The number of rotatable bonds is 4. The molecule has 4 heteroatoms. The van der Waals surface area contributed by atoms with Gasteiger partial charge in [0, 0.05) is 26.1 Å². The summed E-state index contributed by atoms with van der Waals surface area (Å²) in [5.41, 5.74) is 0.480. The number of nitrogens with zero attached hydrogens (tertiary/aromatic N) is 1. The van der Waals surface area contributed by atoms with E-state index in [0.29, 0.717) is 17.9 Å². The van der Waals surface area contributed by atoms with Gasteiger partial charge in [-0.3, -0.25) is 9.59 Å². The van der Waals surface area contributed by atoms with Gasteiger partial charge in [0.25, 0.3) is 5.91 Å². The van der Waals surface area contributed by atoms with Crippen molar-refractivity contribution in [2.45, 2.75) is 6.92 Å². The van der Waals surface area contributed by atoms with Crippen LogP contribution < -0.4 is 4.74 Å². The summed E-state index contributed by atoms with van der Waals surface area (Å²) in [7, 11) is 1.68. The van der Waals surface area contributed by atoms with Crippen LogP contribution in [0.5, 0.6) is 5.75 Å². The molecule has 0 heterocycles. The Bertz CT molecular complexity index is 440. The molecule has 0 aliphatic carbocycles. The summed E-state index contributed by atoms with van der Waals surface area (Å²) < 4.78 is 4.91. The van der Waals surface area contributed by atoms with E-state index in [4.69, 9.17) is 4.74 Å². The second-order valence-electron chi connectivity index (χ2n) is 3.60. The molecule has 1 aromatic carbocycles. The highest BCUT2D eigenvalue weighted by Crippen LogP contribution is 2.14. The van der Waals surface area contributed by atoms with E-state index >= 15 is 0 Å². The summed E-state index contributed by atoms with van der Waals surface area (Å²) in [4.78, 5) is 24.2. The fourth-order valence-electron chi connectivity index (χ4n) is 1.36. The Morgan fingerprint density at radius 3 is 2.76 bits per heavy atom. The third-order valence-electron chi connectivity index (χ3n) is 2.09. The van der Waals surface area contributed by atoms with Gasteiger partial charge in [-0.05, 0) is 18.2 Å². The monoisotopic (exact) mass is 233 g/mol. The number of carbonyl (C=O) groups excluding carboxylic acids is 2. The molecule has 90 valence electrons. The zero-order valence-corrected chi connectivity index (χ0v) is 9.97. The number of carbonyl (C=O) groups is 2. The highest BCUT2D eigenvalue weighted by atomic mass is 16.5. The second-order valence-corrected chi connectivity index (χ2v) is 3.60.